The molecule has 102 valence electrons. The van der Waals surface area contributed by atoms with Crippen molar-refractivity contribution < 1.29 is 9.53 Å². The molecule has 0 saturated carbocycles. The lowest BCUT2D eigenvalue weighted by Gasteiger charge is -2.13. The molecule has 1 atom stereocenters. The largest absolute Gasteiger partial charge is 0.383 e. The van der Waals surface area contributed by atoms with Gasteiger partial charge in [-0.15, -0.1) is 0 Å². The van der Waals surface area contributed by atoms with Crippen LogP contribution in [0, 0.1) is 6.92 Å². The van der Waals surface area contributed by atoms with Gasteiger partial charge in [-0.25, -0.2) is 4.98 Å². The third-order valence-electron chi connectivity index (χ3n) is 2.97. The van der Waals surface area contributed by atoms with Crippen molar-refractivity contribution in [2.45, 2.75) is 26.4 Å². The molecule has 0 unspecified atom stereocenters. The Morgan fingerprint density at radius 1 is 1.47 bits per heavy atom. The number of aromatic nitrogens is 2. The van der Waals surface area contributed by atoms with Gasteiger partial charge < -0.3 is 14.6 Å². The standard InChI is InChI=1S/C14H19N3O2/c1-10(9-19-3)15-14(18)8-17-11(2)16-12-6-4-5-7-13(12)17/h4-7,10H,8-9H2,1-3H3,(H,15,18)/t10-/m1/s1. The molecule has 5 heteroatoms. The van der Waals surface area contributed by atoms with E-state index in [0.29, 0.717) is 6.61 Å². The molecule has 1 heterocycles. The average molecular weight is 261 g/mol. The van der Waals surface area contributed by atoms with E-state index in [-0.39, 0.29) is 18.5 Å². The van der Waals surface area contributed by atoms with E-state index < -0.39 is 0 Å². The van der Waals surface area contributed by atoms with Gasteiger partial charge in [-0.05, 0) is 26.0 Å². The van der Waals surface area contributed by atoms with E-state index in [1.54, 1.807) is 7.11 Å². The zero-order valence-corrected chi connectivity index (χ0v) is 11.5. The monoisotopic (exact) mass is 261 g/mol. The molecule has 1 aromatic heterocycles. The first-order valence-corrected chi connectivity index (χ1v) is 6.32. The van der Waals surface area contributed by atoms with Crippen molar-refractivity contribution in [2.75, 3.05) is 13.7 Å². The molecule has 5 nitrogen and oxygen atoms in total. The summed E-state index contributed by atoms with van der Waals surface area (Å²) in [5.41, 5.74) is 1.90. The quantitative estimate of drug-likeness (QED) is 0.887. The van der Waals surface area contributed by atoms with Crippen LogP contribution >= 0.6 is 0 Å². The number of amides is 1. The first-order valence-electron chi connectivity index (χ1n) is 6.32. The van der Waals surface area contributed by atoms with Crippen LogP contribution in [0.15, 0.2) is 24.3 Å². The Bertz CT molecular complexity index is 577. The molecule has 0 bridgehead atoms. The van der Waals surface area contributed by atoms with E-state index in [4.69, 9.17) is 4.74 Å². The van der Waals surface area contributed by atoms with Crippen molar-refractivity contribution in [2.24, 2.45) is 0 Å². The highest BCUT2D eigenvalue weighted by molar-refractivity contribution is 5.81. The lowest BCUT2D eigenvalue weighted by molar-refractivity contribution is -0.122. The Kier molecular flexibility index (Phi) is 4.16. The fourth-order valence-electron chi connectivity index (χ4n) is 2.15. The minimum absolute atomic E-state index is 0.00703. The molecule has 0 aliphatic rings. The number of benzene rings is 1. The SMILES string of the molecule is COC[C@@H](C)NC(=O)Cn1c(C)nc2ccccc21. The molecule has 0 aliphatic carbocycles. The number of nitrogens with zero attached hydrogens (tertiary/aromatic N) is 2. The summed E-state index contributed by atoms with van der Waals surface area (Å²) in [4.78, 5) is 16.4. The number of para-hydroxylation sites is 2. The normalized spacial score (nSPS) is 12.6. The Balaban J connectivity index is 2.13. The minimum Gasteiger partial charge on any atom is -0.383 e. The van der Waals surface area contributed by atoms with Gasteiger partial charge in [0.05, 0.1) is 17.6 Å². The molecule has 0 aliphatic heterocycles. The third-order valence-corrected chi connectivity index (χ3v) is 2.97. The van der Waals surface area contributed by atoms with Crippen molar-refractivity contribution in [3.63, 3.8) is 0 Å². The number of hydrogen-bond donors (Lipinski definition) is 1. The predicted octanol–water partition coefficient (Wildman–Crippen LogP) is 1.50. The van der Waals surface area contributed by atoms with Gasteiger partial charge in [-0.2, -0.15) is 0 Å². The highest BCUT2D eigenvalue weighted by atomic mass is 16.5. The highest BCUT2D eigenvalue weighted by Gasteiger charge is 2.12. The Hall–Kier alpha value is -1.88. The molecule has 0 fully saturated rings. The average Bonchev–Trinajstić information content (AvgIpc) is 2.66. The minimum atomic E-state index is -0.0317. The zero-order chi connectivity index (χ0) is 13.8. The van der Waals surface area contributed by atoms with Gasteiger partial charge in [0.25, 0.3) is 0 Å². The number of methoxy groups -OCH3 is 1. The van der Waals surface area contributed by atoms with Crippen LogP contribution in [0.4, 0.5) is 0 Å². The fraction of sp³-hybridized carbons (Fsp3) is 0.429. The van der Waals surface area contributed by atoms with Crippen LogP contribution in [-0.2, 0) is 16.1 Å². The summed E-state index contributed by atoms with van der Waals surface area (Å²) in [5, 5.41) is 2.90. The second-order valence-corrected chi connectivity index (χ2v) is 4.66. The molecule has 19 heavy (non-hydrogen) atoms. The van der Waals surface area contributed by atoms with Gasteiger partial charge in [-0.1, -0.05) is 12.1 Å². The summed E-state index contributed by atoms with van der Waals surface area (Å²) in [7, 11) is 1.62. The Morgan fingerprint density at radius 2 is 2.21 bits per heavy atom. The van der Waals surface area contributed by atoms with Crippen molar-refractivity contribution >= 4 is 16.9 Å². The second-order valence-electron chi connectivity index (χ2n) is 4.66. The molecular formula is C14H19N3O2. The van der Waals surface area contributed by atoms with Crippen LogP contribution in [-0.4, -0.2) is 35.2 Å². The number of carbonyl (C=O) groups excluding carboxylic acids is 1. The van der Waals surface area contributed by atoms with Gasteiger partial charge in [0.1, 0.15) is 12.4 Å². The summed E-state index contributed by atoms with van der Waals surface area (Å²) in [5.74, 6) is 0.812. The lowest BCUT2D eigenvalue weighted by atomic mass is 10.3. The molecule has 1 aromatic carbocycles. The highest BCUT2D eigenvalue weighted by Crippen LogP contribution is 2.14. The van der Waals surface area contributed by atoms with Crippen molar-refractivity contribution in [3.05, 3.63) is 30.1 Å². The maximum atomic E-state index is 12.0. The van der Waals surface area contributed by atoms with E-state index in [0.717, 1.165) is 16.9 Å². The third kappa shape index (κ3) is 3.12. The summed E-state index contributed by atoms with van der Waals surface area (Å²) < 4.78 is 6.92. The van der Waals surface area contributed by atoms with E-state index in [9.17, 15) is 4.79 Å². The number of carbonyl (C=O) groups is 1. The molecule has 0 spiro atoms. The first kappa shape index (κ1) is 13.5. The number of imidazole rings is 1. The van der Waals surface area contributed by atoms with Crippen LogP contribution < -0.4 is 5.32 Å². The van der Waals surface area contributed by atoms with Gasteiger partial charge in [0.15, 0.2) is 0 Å². The summed E-state index contributed by atoms with van der Waals surface area (Å²) >= 11 is 0. The zero-order valence-electron chi connectivity index (χ0n) is 11.5. The number of hydrogen-bond acceptors (Lipinski definition) is 3. The number of nitrogens with one attached hydrogen (secondary N) is 1. The fourth-order valence-corrected chi connectivity index (χ4v) is 2.15. The number of rotatable bonds is 5. The number of aryl methyl sites for hydroxylation is 1. The summed E-state index contributed by atoms with van der Waals surface area (Å²) in [6.07, 6.45) is 0. The van der Waals surface area contributed by atoms with Crippen LogP contribution in [0.3, 0.4) is 0 Å². The van der Waals surface area contributed by atoms with E-state index >= 15 is 0 Å². The van der Waals surface area contributed by atoms with Gasteiger partial charge in [0.2, 0.25) is 5.91 Å². The van der Waals surface area contributed by atoms with Gasteiger partial charge >= 0.3 is 0 Å². The van der Waals surface area contributed by atoms with Crippen molar-refractivity contribution in [1.82, 2.24) is 14.9 Å². The summed E-state index contributed by atoms with van der Waals surface area (Å²) in [6.45, 7) is 4.61. The topological polar surface area (TPSA) is 56.1 Å². The Labute approximate surface area is 112 Å². The maximum Gasteiger partial charge on any atom is 0.240 e. The molecule has 1 N–H and O–H groups in total. The van der Waals surface area contributed by atoms with Crippen molar-refractivity contribution in [3.8, 4) is 0 Å². The van der Waals surface area contributed by atoms with Crippen LogP contribution in [0.1, 0.15) is 12.7 Å². The molecule has 0 saturated heterocycles. The molecule has 1 amide bonds. The van der Waals surface area contributed by atoms with Crippen LogP contribution in [0.5, 0.6) is 0 Å². The van der Waals surface area contributed by atoms with E-state index in [1.165, 1.54) is 0 Å². The molecule has 0 radical (unpaired) electrons. The lowest BCUT2D eigenvalue weighted by Crippen LogP contribution is -2.37. The van der Waals surface area contributed by atoms with Gasteiger partial charge in [0, 0.05) is 13.2 Å². The van der Waals surface area contributed by atoms with E-state index in [1.807, 2.05) is 42.7 Å². The molecule has 2 rings (SSSR count). The second kappa shape index (κ2) is 5.84. The summed E-state index contributed by atoms with van der Waals surface area (Å²) in [6, 6.07) is 7.82. The molecular weight excluding hydrogens is 242 g/mol. The predicted molar refractivity (Wildman–Crippen MR) is 74.0 cm³/mol. The van der Waals surface area contributed by atoms with Crippen molar-refractivity contribution in [1.29, 1.82) is 0 Å². The smallest absolute Gasteiger partial charge is 0.240 e. The van der Waals surface area contributed by atoms with Gasteiger partial charge in [-0.3, -0.25) is 4.79 Å². The van der Waals surface area contributed by atoms with Crippen LogP contribution in [0.2, 0.25) is 0 Å². The number of fused-ring (bicyclic) bond motifs is 1. The molecule has 2 aromatic rings. The van der Waals surface area contributed by atoms with Crippen LogP contribution in [0.25, 0.3) is 11.0 Å². The number of ether oxygens (including phenoxy) is 1. The van der Waals surface area contributed by atoms with E-state index in [2.05, 4.69) is 10.3 Å². The first-order chi connectivity index (χ1) is 9.11. The maximum absolute atomic E-state index is 12.0. The Morgan fingerprint density at radius 3 is 2.95 bits per heavy atom.